The van der Waals surface area contributed by atoms with Gasteiger partial charge in [-0.25, -0.2) is 9.37 Å². The van der Waals surface area contributed by atoms with E-state index in [1.54, 1.807) is 12.3 Å². The average Bonchev–Trinajstić information content (AvgIpc) is 3.24. The van der Waals surface area contributed by atoms with Gasteiger partial charge in [0.05, 0.1) is 12.4 Å². The molecule has 0 radical (unpaired) electrons. The highest BCUT2D eigenvalue weighted by molar-refractivity contribution is 5.67. The molecule has 0 bridgehead atoms. The first-order chi connectivity index (χ1) is 14.4. The molecule has 0 spiro atoms. The van der Waals surface area contributed by atoms with Crippen molar-refractivity contribution in [3.8, 4) is 5.75 Å². The van der Waals surface area contributed by atoms with Crippen LogP contribution >= 0.6 is 0 Å². The minimum atomic E-state index is -0.274. The summed E-state index contributed by atoms with van der Waals surface area (Å²) in [4.78, 5) is 4.25. The lowest BCUT2D eigenvalue weighted by molar-refractivity contribution is 0.159. The zero-order valence-electron chi connectivity index (χ0n) is 17.5. The molecule has 152 valence electrons. The van der Waals surface area contributed by atoms with E-state index in [4.69, 9.17) is 4.74 Å². The van der Waals surface area contributed by atoms with E-state index >= 15 is 0 Å². The number of aromatic nitrogens is 2. The fraction of sp³-hybridized carbons (Fsp3) is 0.269. The number of aryl methyl sites for hydroxylation is 1. The number of hydrogen-bond acceptors (Lipinski definition) is 2. The van der Waals surface area contributed by atoms with Gasteiger partial charge in [0.25, 0.3) is 0 Å². The van der Waals surface area contributed by atoms with E-state index in [0.717, 1.165) is 24.2 Å². The van der Waals surface area contributed by atoms with Crippen molar-refractivity contribution in [3.63, 3.8) is 0 Å². The molecule has 0 N–H and O–H groups in total. The van der Waals surface area contributed by atoms with Crippen LogP contribution in [0.5, 0.6) is 5.75 Å². The molecule has 0 fully saturated rings. The van der Waals surface area contributed by atoms with Crippen LogP contribution in [-0.2, 0) is 12.8 Å². The fourth-order valence-corrected chi connectivity index (χ4v) is 4.54. The smallest absolute Gasteiger partial charge is 0.128 e. The van der Waals surface area contributed by atoms with Gasteiger partial charge in [-0.15, -0.1) is 0 Å². The van der Waals surface area contributed by atoms with Gasteiger partial charge in [0.2, 0.25) is 0 Å². The number of allylic oxidation sites excluding steroid dienone is 2. The predicted octanol–water partition coefficient (Wildman–Crippen LogP) is 5.83. The highest BCUT2D eigenvalue weighted by atomic mass is 19.1. The third-order valence-corrected chi connectivity index (χ3v) is 6.07. The highest BCUT2D eigenvalue weighted by Crippen LogP contribution is 2.40. The first kappa shape index (κ1) is 18.9. The molecule has 3 nitrogen and oxygen atoms in total. The standard InChI is InChI=1S/C26H25FN2O/c1-17-14-19(5-8-23(17)27)25(29-13-12-28-16-29)20-4-7-21-18(15-20)6-9-24-22(21)10-11-26(2,3)30-24/h4-6,8-14,16,25H,7,15H2,1-3H3. The maximum Gasteiger partial charge on any atom is 0.128 e. The molecule has 1 unspecified atom stereocenters. The summed E-state index contributed by atoms with van der Waals surface area (Å²) in [7, 11) is 0. The van der Waals surface area contributed by atoms with Crippen molar-refractivity contribution in [2.75, 3.05) is 0 Å². The number of hydrogen-bond donors (Lipinski definition) is 0. The molecule has 0 saturated carbocycles. The molecule has 1 aliphatic carbocycles. The first-order valence-electron chi connectivity index (χ1n) is 10.4. The third-order valence-electron chi connectivity index (χ3n) is 6.07. The van der Waals surface area contributed by atoms with Crippen molar-refractivity contribution < 1.29 is 9.13 Å². The Hall–Kier alpha value is -3.14. The number of rotatable bonds is 3. The van der Waals surface area contributed by atoms with Crippen molar-refractivity contribution in [3.05, 3.63) is 100 Å². The van der Waals surface area contributed by atoms with Crippen LogP contribution in [0.15, 0.2) is 66.8 Å². The summed E-state index contributed by atoms with van der Waals surface area (Å²) < 4.78 is 22.2. The monoisotopic (exact) mass is 400 g/mol. The number of fused-ring (bicyclic) bond motifs is 3. The fourth-order valence-electron chi connectivity index (χ4n) is 4.54. The van der Waals surface area contributed by atoms with E-state index in [1.807, 2.05) is 31.6 Å². The first-order valence-corrected chi connectivity index (χ1v) is 10.4. The normalized spacial score (nSPS) is 17.5. The predicted molar refractivity (Wildman–Crippen MR) is 117 cm³/mol. The number of halogens is 1. The van der Waals surface area contributed by atoms with E-state index in [2.05, 4.69) is 53.8 Å². The maximum absolute atomic E-state index is 13.9. The SMILES string of the molecule is Cc1cc(C(C2=CCc3c(ccc4c3C=CC(C)(C)O4)C2)n2ccnc2)ccc1F. The topological polar surface area (TPSA) is 27.1 Å². The zero-order valence-corrected chi connectivity index (χ0v) is 17.5. The zero-order chi connectivity index (χ0) is 20.9. The summed E-state index contributed by atoms with van der Waals surface area (Å²) in [6, 6.07) is 9.68. The van der Waals surface area contributed by atoms with Crippen LogP contribution in [0, 0.1) is 12.7 Å². The van der Waals surface area contributed by atoms with Gasteiger partial charge >= 0.3 is 0 Å². The molecular weight excluding hydrogens is 375 g/mol. The summed E-state index contributed by atoms with van der Waals surface area (Å²) >= 11 is 0. The summed E-state index contributed by atoms with van der Waals surface area (Å²) in [6.07, 6.45) is 14.0. The van der Waals surface area contributed by atoms with Crippen LogP contribution in [0.3, 0.4) is 0 Å². The van der Waals surface area contributed by atoms with E-state index in [0.29, 0.717) is 5.56 Å². The lowest BCUT2D eigenvalue weighted by atomic mass is 9.82. The number of imidazole rings is 1. The molecule has 5 rings (SSSR count). The maximum atomic E-state index is 13.9. The van der Waals surface area contributed by atoms with Gasteiger partial charge in [0.15, 0.2) is 0 Å². The van der Waals surface area contributed by atoms with Crippen LogP contribution < -0.4 is 4.74 Å². The Labute approximate surface area is 176 Å². The Kier molecular flexibility index (Phi) is 4.39. The Morgan fingerprint density at radius 1 is 1.20 bits per heavy atom. The molecule has 1 aromatic heterocycles. The van der Waals surface area contributed by atoms with Crippen LogP contribution in [0.25, 0.3) is 6.08 Å². The average molecular weight is 400 g/mol. The molecule has 0 saturated heterocycles. The minimum Gasteiger partial charge on any atom is -0.483 e. The minimum absolute atomic E-state index is 0.00158. The number of ether oxygens (including phenoxy) is 1. The van der Waals surface area contributed by atoms with Gasteiger partial charge in [-0.1, -0.05) is 30.4 Å². The molecule has 2 heterocycles. The Balaban J connectivity index is 1.54. The summed E-state index contributed by atoms with van der Waals surface area (Å²) in [5.74, 6) is 0.783. The van der Waals surface area contributed by atoms with Crippen molar-refractivity contribution in [2.24, 2.45) is 0 Å². The Bertz CT molecular complexity index is 1170. The van der Waals surface area contributed by atoms with Gasteiger partial charge in [-0.2, -0.15) is 0 Å². The second-order valence-corrected chi connectivity index (χ2v) is 8.73. The van der Waals surface area contributed by atoms with E-state index < -0.39 is 0 Å². The van der Waals surface area contributed by atoms with Gasteiger partial charge in [0, 0.05) is 18.0 Å². The quantitative estimate of drug-likeness (QED) is 0.517. The van der Waals surface area contributed by atoms with Gasteiger partial charge in [0.1, 0.15) is 17.2 Å². The van der Waals surface area contributed by atoms with Crippen LogP contribution in [0.2, 0.25) is 0 Å². The lowest BCUT2D eigenvalue weighted by Gasteiger charge is -2.32. The number of benzene rings is 2. The second-order valence-electron chi connectivity index (χ2n) is 8.73. The summed E-state index contributed by atoms with van der Waals surface area (Å²) in [5.41, 5.74) is 6.61. The van der Waals surface area contributed by atoms with E-state index in [1.165, 1.54) is 22.3 Å². The molecule has 2 aliphatic rings. The molecule has 2 aromatic carbocycles. The highest BCUT2D eigenvalue weighted by Gasteiger charge is 2.28. The summed E-state index contributed by atoms with van der Waals surface area (Å²) in [5, 5.41) is 0. The molecule has 0 amide bonds. The van der Waals surface area contributed by atoms with Crippen molar-refractivity contribution in [2.45, 2.75) is 45.3 Å². The van der Waals surface area contributed by atoms with Gasteiger partial charge < -0.3 is 9.30 Å². The van der Waals surface area contributed by atoms with E-state index in [9.17, 15) is 4.39 Å². The van der Waals surface area contributed by atoms with Crippen molar-refractivity contribution in [1.29, 1.82) is 0 Å². The van der Waals surface area contributed by atoms with Crippen molar-refractivity contribution >= 4 is 6.08 Å². The molecule has 4 heteroatoms. The van der Waals surface area contributed by atoms with Crippen molar-refractivity contribution in [1.82, 2.24) is 9.55 Å². The van der Waals surface area contributed by atoms with Crippen LogP contribution in [0.4, 0.5) is 4.39 Å². The van der Waals surface area contributed by atoms with Gasteiger partial charge in [-0.05, 0) is 79.6 Å². The van der Waals surface area contributed by atoms with Crippen LogP contribution in [-0.4, -0.2) is 15.2 Å². The Morgan fingerprint density at radius 2 is 2.07 bits per heavy atom. The Morgan fingerprint density at radius 3 is 2.83 bits per heavy atom. The molecule has 1 atom stereocenters. The van der Waals surface area contributed by atoms with Gasteiger partial charge in [-0.3, -0.25) is 0 Å². The van der Waals surface area contributed by atoms with Crippen LogP contribution in [0.1, 0.15) is 47.7 Å². The number of nitrogens with zero attached hydrogens (tertiary/aromatic N) is 2. The molecule has 1 aliphatic heterocycles. The third kappa shape index (κ3) is 3.26. The molecule has 30 heavy (non-hydrogen) atoms. The second kappa shape index (κ2) is 6.98. The lowest BCUT2D eigenvalue weighted by Crippen LogP contribution is -2.28. The summed E-state index contributed by atoms with van der Waals surface area (Å²) in [6.45, 7) is 5.96. The largest absolute Gasteiger partial charge is 0.483 e. The molecule has 3 aromatic rings. The molecular formula is C26H25FN2O. The van der Waals surface area contributed by atoms with E-state index in [-0.39, 0.29) is 17.5 Å².